The number of nitrogens with one attached hydrogen (secondary N) is 2. The molecule has 0 saturated carbocycles. The molecule has 0 unspecified atom stereocenters. The van der Waals surface area contributed by atoms with Gasteiger partial charge in [0, 0.05) is 23.5 Å². The van der Waals surface area contributed by atoms with Gasteiger partial charge in [0.25, 0.3) is 10.0 Å². The normalized spacial score (nSPS) is 11.4. The van der Waals surface area contributed by atoms with Gasteiger partial charge in [0.2, 0.25) is 0 Å². The SMILES string of the molecule is CCOC(=O)/C(C#N)=C\Nc1ccc(S(=O)(=O)Nc2nccs2)cc1. The van der Waals surface area contributed by atoms with Gasteiger partial charge < -0.3 is 10.1 Å². The van der Waals surface area contributed by atoms with Gasteiger partial charge in [0.1, 0.15) is 6.07 Å². The van der Waals surface area contributed by atoms with Crippen LogP contribution in [0.25, 0.3) is 0 Å². The van der Waals surface area contributed by atoms with Crippen molar-refractivity contribution in [1.29, 1.82) is 5.26 Å². The Hall–Kier alpha value is -2.90. The summed E-state index contributed by atoms with van der Waals surface area (Å²) in [6.45, 7) is 1.80. The first-order valence-corrected chi connectivity index (χ1v) is 9.39. The van der Waals surface area contributed by atoms with Gasteiger partial charge in [-0.3, -0.25) is 4.72 Å². The third-order valence-corrected chi connectivity index (χ3v) is 4.99. The van der Waals surface area contributed by atoms with Crippen LogP contribution in [0, 0.1) is 11.3 Å². The second-order valence-corrected chi connectivity index (χ2v) is 7.08. The summed E-state index contributed by atoms with van der Waals surface area (Å²) >= 11 is 1.17. The molecule has 2 N–H and O–H groups in total. The van der Waals surface area contributed by atoms with Crippen molar-refractivity contribution in [3.8, 4) is 6.07 Å². The molecule has 2 rings (SSSR count). The first kappa shape index (κ1) is 18.4. The minimum absolute atomic E-state index is 0.0585. The van der Waals surface area contributed by atoms with Crippen molar-refractivity contribution in [2.45, 2.75) is 11.8 Å². The molecule has 0 atom stereocenters. The van der Waals surface area contributed by atoms with E-state index in [1.54, 1.807) is 18.4 Å². The Kier molecular flexibility index (Phi) is 6.10. The average Bonchev–Trinajstić information content (AvgIpc) is 3.08. The number of esters is 1. The van der Waals surface area contributed by atoms with Crippen molar-refractivity contribution in [1.82, 2.24) is 4.98 Å². The van der Waals surface area contributed by atoms with Crippen molar-refractivity contribution in [3.63, 3.8) is 0 Å². The third-order valence-electron chi connectivity index (χ3n) is 2.82. The summed E-state index contributed by atoms with van der Waals surface area (Å²) in [6, 6.07) is 7.53. The zero-order chi connectivity index (χ0) is 18.3. The maximum atomic E-state index is 12.2. The van der Waals surface area contributed by atoms with Crippen molar-refractivity contribution < 1.29 is 17.9 Å². The molecule has 10 heteroatoms. The van der Waals surface area contributed by atoms with Gasteiger partial charge in [-0.2, -0.15) is 5.26 Å². The van der Waals surface area contributed by atoms with E-state index in [1.165, 1.54) is 48.0 Å². The van der Waals surface area contributed by atoms with Crippen LogP contribution in [-0.2, 0) is 19.6 Å². The molecule has 2 aromatic rings. The number of carbonyl (C=O) groups excluding carboxylic acids is 1. The lowest BCUT2D eigenvalue weighted by Crippen LogP contribution is -2.12. The number of benzene rings is 1. The molecule has 130 valence electrons. The van der Waals surface area contributed by atoms with E-state index < -0.39 is 16.0 Å². The second kappa shape index (κ2) is 8.27. The van der Waals surface area contributed by atoms with Crippen molar-refractivity contribution in [3.05, 3.63) is 47.6 Å². The molecule has 8 nitrogen and oxygen atoms in total. The Morgan fingerprint density at radius 2 is 2.12 bits per heavy atom. The quantitative estimate of drug-likeness (QED) is 0.431. The summed E-state index contributed by atoms with van der Waals surface area (Å²) in [7, 11) is -3.73. The molecule has 0 aliphatic carbocycles. The van der Waals surface area contributed by atoms with Crippen LogP contribution in [0.3, 0.4) is 0 Å². The Labute approximate surface area is 148 Å². The number of aromatic nitrogens is 1. The molecular formula is C15H14N4O4S2. The molecule has 1 heterocycles. The summed E-state index contributed by atoms with van der Waals surface area (Å²) in [4.78, 5) is 15.4. The molecule has 1 aromatic heterocycles. The van der Waals surface area contributed by atoms with Crippen LogP contribution in [0.4, 0.5) is 10.8 Å². The van der Waals surface area contributed by atoms with Gasteiger partial charge in [0.15, 0.2) is 10.7 Å². The van der Waals surface area contributed by atoms with Crippen LogP contribution < -0.4 is 10.0 Å². The monoisotopic (exact) mass is 378 g/mol. The Morgan fingerprint density at radius 3 is 2.68 bits per heavy atom. The smallest absolute Gasteiger partial charge is 0.350 e. The Balaban J connectivity index is 2.09. The number of rotatable bonds is 7. The van der Waals surface area contributed by atoms with E-state index in [9.17, 15) is 13.2 Å². The lowest BCUT2D eigenvalue weighted by molar-refractivity contribution is -0.138. The van der Waals surface area contributed by atoms with E-state index in [1.807, 2.05) is 0 Å². The van der Waals surface area contributed by atoms with E-state index in [0.29, 0.717) is 5.69 Å². The fourth-order valence-corrected chi connectivity index (χ4v) is 3.47. The predicted molar refractivity (Wildman–Crippen MR) is 93.3 cm³/mol. The van der Waals surface area contributed by atoms with E-state index in [2.05, 4.69) is 15.0 Å². The summed E-state index contributed by atoms with van der Waals surface area (Å²) in [6.07, 6.45) is 2.70. The molecule has 0 aliphatic heterocycles. The Bertz CT molecular complexity index is 898. The minimum atomic E-state index is -3.73. The van der Waals surface area contributed by atoms with Crippen molar-refractivity contribution >= 4 is 38.1 Å². The van der Waals surface area contributed by atoms with Crippen molar-refractivity contribution in [2.24, 2.45) is 0 Å². The largest absolute Gasteiger partial charge is 0.462 e. The number of carbonyl (C=O) groups is 1. The topological polar surface area (TPSA) is 121 Å². The molecule has 0 fully saturated rings. The lowest BCUT2D eigenvalue weighted by atomic mass is 10.3. The van der Waals surface area contributed by atoms with Crippen LogP contribution >= 0.6 is 11.3 Å². The molecule has 0 aliphatic rings. The summed E-state index contributed by atoms with van der Waals surface area (Å²) in [5, 5.41) is 13.6. The predicted octanol–water partition coefficient (Wildman–Crippen LogP) is 2.33. The van der Waals surface area contributed by atoms with Crippen LogP contribution in [0.5, 0.6) is 0 Å². The highest BCUT2D eigenvalue weighted by Gasteiger charge is 2.15. The number of sulfonamides is 1. The second-order valence-electron chi connectivity index (χ2n) is 4.50. The van der Waals surface area contributed by atoms with Crippen molar-refractivity contribution in [2.75, 3.05) is 16.6 Å². The number of thiazole rings is 1. The van der Waals surface area contributed by atoms with Crippen LogP contribution in [-0.4, -0.2) is 26.0 Å². The average molecular weight is 378 g/mol. The number of anilines is 2. The molecule has 0 bridgehead atoms. The van der Waals surface area contributed by atoms with Crippen LogP contribution in [0.1, 0.15) is 6.92 Å². The van der Waals surface area contributed by atoms with Crippen LogP contribution in [0.2, 0.25) is 0 Å². The molecule has 1 aromatic carbocycles. The minimum Gasteiger partial charge on any atom is -0.462 e. The highest BCUT2D eigenvalue weighted by Crippen LogP contribution is 2.19. The van der Waals surface area contributed by atoms with Gasteiger partial charge in [-0.15, -0.1) is 11.3 Å². The zero-order valence-electron chi connectivity index (χ0n) is 13.1. The number of hydrogen-bond donors (Lipinski definition) is 2. The first-order valence-electron chi connectivity index (χ1n) is 7.02. The standard InChI is InChI=1S/C15H14N4O4S2/c1-2-23-14(20)11(9-16)10-18-12-3-5-13(6-4-12)25(21,22)19-15-17-7-8-24-15/h3-8,10,18H,2H2,1H3,(H,17,19)/b11-10-. The zero-order valence-corrected chi connectivity index (χ0v) is 14.7. The molecule has 0 spiro atoms. The summed E-state index contributed by atoms with van der Waals surface area (Å²) in [5.41, 5.74) is 0.314. The van der Waals surface area contributed by atoms with Crippen LogP contribution in [0.15, 0.2) is 52.5 Å². The molecule has 25 heavy (non-hydrogen) atoms. The fourth-order valence-electron chi connectivity index (χ4n) is 1.68. The van der Waals surface area contributed by atoms with Gasteiger partial charge in [-0.25, -0.2) is 18.2 Å². The third kappa shape index (κ3) is 5.03. The molecule has 0 amide bonds. The molecule has 0 radical (unpaired) electrons. The molecule has 0 saturated heterocycles. The first-order chi connectivity index (χ1) is 12.0. The highest BCUT2D eigenvalue weighted by atomic mass is 32.2. The van der Waals surface area contributed by atoms with E-state index in [4.69, 9.17) is 10.00 Å². The number of ether oxygens (including phenoxy) is 1. The number of nitrogens with zero attached hydrogens (tertiary/aromatic N) is 2. The summed E-state index contributed by atoms with van der Waals surface area (Å²) < 4.78 is 31.5. The van der Waals surface area contributed by atoms with E-state index in [0.717, 1.165) is 0 Å². The van der Waals surface area contributed by atoms with E-state index in [-0.39, 0.29) is 22.2 Å². The van der Waals surface area contributed by atoms with Gasteiger partial charge in [0.05, 0.1) is 11.5 Å². The fraction of sp³-hybridized carbons (Fsp3) is 0.133. The number of nitriles is 1. The molecular weight excluding hydrogens is 364 g/mol. The maximum absolute atomic E-state index is 12.2. The van der Waals surface area contributed by atoms with Gasteiger partial charge >= 0.3 is 5.97 Å². The maximum Gasteiger partial charge on any atom is 0.350 e. The van der Waals surface area contributed by atoms with Gasteiger partial charge in [-0.05, 0) is 31.2 Å². The lowest BCUT2D eigenvalue weighted by Gasteiger charge is -2.07. The van der Waals surface area contributed by atoms with Gasteiger partial charge in [-0.1, -0.05) is 0 Å². The highest BCUT2D eigenvalue weighted by molar-refractivity contribution is 7.93. The number of hydrogen-bond acceptors (Lipinski definition) is 8. The van der Waals surface area contributed by atoms with E-state index >= 15 is 0 Å². The summed E-state index contributed by atoms with van der Waals surface area (Å²) in [5.74, 6) is -0.732. The Morgan fingerprint density at radius 1 is 1.40 bits per heavy atom.